The van der Waals surface area contributed by atoms with E-state index >= 15 is 0 Å². The smallest absolute Gasteiger partial charge is 0.270 e. The number of halogens is 1. The molecule has 2 aromatic rings. The molecule has 0 spiro atoms. The van der Waals surface area contributed by atoms with Gasteiger partial charge in [-0.1, -0.05) is 11.8 Å². The molecule has 0 saturated heterocycles. The molecule has 1 aromatic heterocycles. The number of hydrogen-bond acceptors (Lipinski definition) is 5. The Morgan fingerprint density at radius 2 is 2.24 bits per heavy atom. The van der Waals surface area contributed by atoms with Crippen LogP contribution >= 0.6 is 27.7 Å². The summed E-state index contributed by atoms with van der Waals surface area (Å²) in [5.74, 6) is 1.09. The van der Waals surface area contributed by atoms with Gasteiger partial charge in [0.05, 0.1) is 11.1 Å². The summed E-state index contributed by atoms with van der Waals surface area (Å²) >= 11 is 4.81. The number of thioether (sulfide) groups is 1. The second-order valence-corrected chi connectivity index (χ2v) is 5.72. The monoisotopic (exact) mass is 370 g/mol. The molecule has 21 heavy (non-hydrogen) atoms. The van der Waals surface area contributed by atoms with E-state index in [1.165, 1.54) is 11.8 Å². The molecule has 0 atom stereocenters. The fraction of sp³-hybridized carbons (Fsp3) is 0.308. The molecular weight excluding hydrogens is 356 g/mol. The van der Waals surface area contributed by atoms with E-state index in [1.54, 1.807) is 29.8 Å². The number of carbonyl (C=O) groups is 1. The van der Waals surface area contributed by atoms with Gasteiger partial charge in [-0.3, -0.25) is 10.2 Å². The molecule has 1 aromatic carbocycles. The van der Waals surface area contributed by atoms with E-state index in [-0.39, 0.29) is 5.91 Å². The molecule has 8 heteroatoms. The van der Waals surface area contributed by atoms with Crippen molar-refractivity contribution in [3.63, 3.8) is 0 Å². The van der Waals surface area contributed by atoms with Gasteiger partial charge in [0.1, 0.15) is 11.6 Å². The summed E-state index contributed by atoms with van der Waals surface area (Å²) in [4.78, 5) is 12.3. The van der Waals surface area contributed by atoms with Gasteiger partial charge in [0.15, 0.2) is 0 Å². The first-order valence-electron chi connectivity index (χ1n) is 6.26. The van der Waals surface area contributed by atoms with Crippen molar-refractivity contribution in [2.24, 2.45) is 0 Å². The number of hydrogen-bond donors (Lipinski definition) is 1. The highest BCUT2D eigenvalue weighted by Crippen LogP contribution is 2.26. The Hall–Kier alpha value is -1.54. The van der Waals surface area contributed by atoms with Crippen LogP contribution < -0.4 is 10.2 Å². The highest BCUT2D eigenvalue weighted by molar-refractivity contribution is 9.10. The number of ether oxygens (including phenoxy) is 1. The lowest BCUT2D eigenvalue weighted by molar-refractivity contribution is 0.100. The number of aryl methyl sites for hydroxylation is 1. The van der Waals surface area contributed by atoms with Crippen LogP contribution in [-0.2, 0) is 0 Å². The molecule has 0 radical (unpaired) electrons. The number of nitrogens with one attached hydrogen (secondary N) is 1. The van der Waals surface area contributed by atoms with E-state index in [1.807, 2.05) is 13.2 Å². The van der Waals surface area contributed by atoms with Gasteiger partial charge in [-0.15, -0.1) is 10.2 Å². The van der Waals surface area contributed by atoms with Crippen LogP contribution in [0.5, 0.6) is 5.75 Å². The first-order chi connectivity index (χ1) is 10.1. The second-order valence-electron chi connectivity index (χ2n) is 4.09. The van der Waals surface area contributed by atoms with Crippen molar-refractivity contribution < 1.29 is 9.53 Å². The van der Waals surface area contributed by atoms with Crippen LogP contribution in [0.3, 0.4) is 0 Å². The van der Waals surface area contributed by atoms with Crippen LogP contribution in [0.2, 0.25) is 0 Å². The van der Waals surface area contributed by atoms with E-state index < -0.39 is 0 Å². The van der Waals surface area contributed by atoms with Gasteiger partial charge in [-0.25, -0.2) is 4.68 Å². The Morgan fingerprint density at radius 3 is 2.86 bits per heavy atom. The van der Waals surface area contributed by atoms with Gasteiger partial charge in [-0.2, -0.15) is 0 Å². The van der Waals surface area contributed by atoms with Gasteiger partial charge in [0.2, 0.25) is 5.16 Å². The molecule has 6 nitrogen and oxygen atoms in total. The quantitative estimate of drug-likeness (QED) is 0.819. The minimum atomic E-state index is -0.239. The van der Waals surface area contributed by atoms with E-state index in [4.69, 9.17) is 4.74 Å². The Kier molecular flexibility index (Phi) is 5.24. The summed E-state index contributed by atoms with van der Waals surface area (Å²) in [5, 5.41) is 8.54. The number of aromatic nitrogens is 3. The molecule has 0 aliphatic carbocycles. The predicted octanol–water partition coefficient (Wildman–Crippen LogP) is 2.85. The average Bonchev–Trinajstić information content (AvgIpc) is 2.82. The molecule has 1 heterocycles. The molecule has 1 amide bonds. The van der Waals surface area contributed by atoms with Crippen LogP contribution in [-0.4, -0.2) is 33.6 Å². The normalized spacial score (nSPS) is 10.5. The maximum atomic E-state index is 12.3. The van der Waals surface area contributed by atoms with E-state index in [2.05, 4.69) is 31.6 Å². The standard InChI is InChI=1S/C13H15BrN4O2S/c1-4-20-11-6-5-9(7-10(11)14)12(19)17-18-8(2)15-16-13(18)21-3/h5-7H,4H2,1-3H3,(H,17,19). The molecule has 0 unspecified atom stereocenters. The second kappa shape index (κ2) is 6.95. The molecule has 1 N–H and O–H groups in total. The van der Waals surface area contributed by atoms with Crippen molar-refractivity contribution in [3.05, 3.63) is 34.1 Å². The third-order valence-corrected chi connectivity index (χ3v) is 3.93. The fourth-order valence-electron chi connectivity index (χ4n) is 1.68. The zero-order valence-electron chi connectivity index (χ0n) is 11.9. The fourth-order valence-corrected chi connectivity index (χ4v) is 2.66. The van der Waals surface area contributed by atoms with Crippen LogP contribution in [0.1, 0.15) is 23.1 Å². The molecule has 0 aliphatic rings. The van der Waals surface area contributed by atoms with E-state index in [0.717, 1.165) is 4.47 Å². The average molecular weight is 371 g/mol. The molecule has 0 saturated carbocycles. The number of nitrogens with zero attached hydrogens (tertiary/aromatic N) is 3. The van der Waals surface area contributed by atoms with Gasteiger partial charge in [-0.05, 0) is 54.2 Å². The van der Waals surface area contributed by atoms with Gasteiger partial charge in [0.25, 0.3) is 5.91 Å². The highest BCUT2D eigenvalue weighted by Gasteiger charge is 2.13. The molecule has 0 bridgehead atoms. The summed E-state index contributed by atoms with van der Waals surface area (Å²) in [6.07, 6.45) is 1.87. The maximum Gasteiger partial charge on any atom is 0.270 e. The first-order valence-corrected chi connectivity index (χ1v) is 8.28. The lowest BCUT2D eigenvalue weighted by Gasteiger charge is -2.11. The zero-order valence-corrected chi connectivity index (χ0v) is 14.3. The lowest BCUT2D eigenvalue weighted by Crippen LogP contribution is -2.24. The molecule has 0 fully saturated rings. The van der Waals surface area contributed by atoms with Crippen molar-refractivity contribution in [1.82, 2.24) is 14.9 Å². The maximum absolute atomic E-state index is 12.3. The molecule has 2 rings (SSSR count). The van der Waals surface area contributed by atoms with Crippen LogP contribution in [0, 0.1) is 6.92 Å². The van der Waals surface area contributed by atoms with Crippen LogP contribution in [0.15, 0.2) is 27.8 Å². The number of amides is 1. The summed E-state index contributed by atoms with van der Waals surface area (Å²) < 4.78 is 7.73. The third kappa shape index (κ3) is 3.56. The Balaban J connectivity index is 2.20. The summed E-state index contributed by atoms with van der Waals surface area (Å²) in [6.45, 7) is 4.26. The van der Waals surface area contributed by atoms with Crippen molar-refractivity contribution >= 4 is 33.6 Å². The largest absolute Gasteiger partial charge is 0.493 e. The minimum Gasteiger partial charge on any atom is -0.493 e. The lowest BCUT2D eigenvalue weighted by atomic mass is 10.2. The molecular formula is C13H15BrN4O2S. The first kappa shape index (κ1) is 15.8. The predicted molar refractivity (Wildman–Crippen MR) is 85.5 cm³/mol. The van der Waals surface area contributed by atoms with E-state index in [9.17, 15) is 4.79 Å². The Morgan fingerprint density at radius 1 is 1.48 bits per heavy atom. The third-order valence-electron chi connectivity index (χ3n) is 2.68. The Bertz CT molecular complexity index is 660. The van der Waals surface area contributed by atoms with E-state index in [0.29, 0.717) is 28.9 Å². The SMILES string of the molecule is CCOc1ccc(C(=O)Nn2c(C)nnc2SC)cc1Br. The molecule has 112 valence electrons. The van der Waals surface area contributed by atoms with Gasteiger partial charge in [0, 0.05) is 5.56 Å². The number of carbonyl (C=O) groups excluding carboxylic acids is 1. The summed E-state index contributed by atoms with van der Waals surface area (Å²) in [6, 6.07) is 5.19. The van der Waals surface area contributed by atoms with Crippen molar-refractivity contribution in [1.29, 1.82) is 0 Å². The Labute approximate surface area is 135 Å². The number of rotatable bonds is 5. The van der Waals surface area contributed by atoms with Crippen molar-refractivity contribution in [2.45, 2.75) is 19.0 Å². The topological polar surface area (TPSA) is 69.0 Å². The highest BCUT2D eigenvalue weighted by atomic mass is 79.9. The zero-order chi connectivity index (χ0) is 15.4. The summed E-state index contributed by atoms with van der Waals surface area (Å²) in [5.41, 5.74) is 3.29. The van der Waals surface area contributed by atoms with Crippen molar-refractivity contribution in [2.75, 3.05) is 18.3 Å². The minimum absolute atomic E-state index is 0.239. The van der Waals surface area contributed by atoms with Crippen molar-refractivity contribution in [3.8, 4) is 5.75 Å². The van der Waals surface area contributed by atoms with Crippen LogP contribution in [0.4, 0.5) is 0 Å². The van der Waals surface area contributed by atoms with Gasteiger partial charge < -0.3 is 4.74 Å². The number of benzene rings is 1. The molecule has 0 aliphatic heterocycles. The summed E-state index contributed by atoms with van der Waals surface area (Å²) in [7, 11) is 0. The van der Waals surface area contributed by atoms with Crippen LogP contribution in [0.25, 0.3) is 0 Å². The van der Waals surface area contributed by atoms with Gasteiger partial charge >= 0.3 is 0 Å².